The van der Waals surface area contributed by atoms with Crippen LogP contribution in [-0.4, -0.2) is 43.3 Å². The van der Waals surface area contributed by atoms with Gasteiger partial charge in [-0.3, -0.25) is 10.1 Å². The van der Waals surface area contributed by atoms with Gasteiger partial charge in [0, 0.05) is 19.8 Å². The predicted molar refractivity (Wildman–Crippen MR) is 71.1 cm³/mol. The summed E-state index contributed by atoms with van der Waals surface area (Å²) in [6.07, 6.45) is 3.39. The highest BCUT2D eigenvalue weighted by molar-refractivity contribution is 5.80. The maximum Gasteiger partial charge on any atom is 0.237 e. The summed E-state index contributed by atoms with van der Waals surface area (Å²) in [4.78, 5) is 14.1. The van der Waals surface area contributed by atoms with Crippen LogP contribution in [0.15, 0.2) is 0 Å². The van der Waals surface area contributed by atoms with Gasteiger partial charge in [0.15, 0.2) is 0 Å². The lowest BCUT2D eigenvalue weighted by molar-refractivity contribution is -0.130. The van der Waals surface area contributed by atoms with E-state index >= 15 is 0 Å². The fraction of sp³-hybridized carbons (Fsp3) is 0.929. The standard InChI is InChI=1S/C14H26N2O2/c1-11(2)8-12-15-9-13(17)16(12)10-14(3)4-6-18-7-5-14/h11-12,15H,4-10H2,1-3H3. The molecule has 0 aromatic heterocycles. The molecule has 2 aliphatic heterocycles. The van der Waals surface area contributed by atoms with Crippen LogP contribution in [0.5, 0.6) is 0 Å². The third-order valence-corrected chi connectivity index (χ3v) is 4.13. The van der Waals surface area contributed by atoms with Crippen LogP contribution in [0.2, 0.25) is 0 Å². The first-order chi connectivity index (χ1) is 8.50. The molecule has 2 rings (SSSR count). The molecule has 0 bridgehead atoms. The number of hydrogen-bond donors (Lipinski definition) is 1. The number of nitrogens with one attached hydrogen (secondary N) is 1. The topological polar surface area (TPSA) is 41.6 Å². The van der Waals surface area contributed by atoms with Crippen LogP contribution in [0.1, 0.15) is 40.0 Å². The molecule has 2 fully saturated rings. The Bertz CT molecular complexity index is 298. The van der Waals surface area contributed by atoms with Crippen molar-refractivity contribution in [3.8, 4) is 0 Å². The third kappa shape index (κ3) is 3.23. The summed E-state index contributed by atoms with van der Waals surface area (Å²) >= 11 is 0. The number of carbonyl (C=O) groups is 1. The van der Waals surface area contributed by atoms with Gasteiger partial charge in [-0.25, -0.2) is 0 Å². The lowest BCUT2D eigenvalue weighted by atomic mass is 9.81. The van der Waals surface area contributed by atoms with Crippen molar-refractivity contribution in [2.24, 2.45) is 11.3 Å². The van der Waals surface area contributed by atoms with Gasteiger partial charge in [-0.15, -0.1) is 0 Å². The molecule has 4 nitrogen and oxygen atoms in total. The van der Waals surface area contributed by atoms with Crippen molar-refractivity contribution in [2.45, 2.75) is 46.2 Å². The largest absolute Gasteiger partial charge is 0.381 e. The van der Waals surface area contributed by atoms with E-state index in [4.69, 9.17) is 4.74 Å². The molecule has 18 heavy (non-hydrogen) atoms. The molecule has 1 atom stereocenters. The molecule has 0 radical (unpaired) electrons. The predicted octanol–water partition coefficient (Wildman–Crippen LogP) is 1.61. The maximum absolute atomic E-state index is 12.0. The lowest BCUT2D eigenvalue weighted by Crippen LogP contribution is -2.46. The lowest BCUT2D eigenvalue weighted by Gasteiger charge is -2.39. The summed E-state index contributed by atoms with van der Waals surface area (Å²) in [5.74, 6) is 0.867. The highest BCUT2D eigenvalue weighted by Gasteiger charge is 2.37. The van der Waals surface area contributed by atoms with Crippen LogP contribution in [0.3, 0.4) is 0 Å². The molecule has 1 unspecified atom stereocenters. The van der Waals surface area contributed by atoms with E-state index in [-0.39, 0.29) is 17.5 Å². The first-order valence-electron chi connectivity index (χ1n) is 7.11. The van der Waals surface area contributed by atoms with Gasteiger partial charge in [-0.2, -0.15) is 0 Å². The fourth-order valence-corrected chi connectivity index (χ4v) is 2.88. The van der Waals surface area contributed by atoms with Crippen molar-refractivity contribution in [3.05, 3.63) is 0 Å². The second-order valence-corrected chi connectivity index (χ2v) is 6.47. The van der Waals surface area contributed by atoms with Crippen molar-refractivity contribution in [1.29, 1.82) is 0 Å². The van der Waals surface area contributed by atoms with Gasteiger partial charge < -0.3 is 9.64 Å². The highest BCUT2D eigenvalue weighted by atomic mass is 16.5. The summed E-state index contributed by atoms with van der Waals surface area (Å²) in [5, 5.41) is 3.34. The van der Waals surface area contributed by atoms with Crippen LogP contribution < -0.4 is 5.32 Å². The molecule has 2 saturated heterocycles. The zero-order valence-corrected chi connectivity index (χ0v) is 11.9. The van der Waals surface area contributed by atoms with E-state index in [9.17, 15) is 4.79 Å². The van der Waals surface area contributed by atoms with Crippen molar-refractivity contribution >= 4 is 5.91 Å². The Morgan fingerprint density at radius 2 is 2.11 bits per heavy atom. The Morgan fingerprint density at radius 1 is 1.44 bits per heavy atom. The molecular formula is C14H26N2O2. The molecular weight excluding hydrogens is 228 g/mol. The van der Waals surface area contributed by atoms with Crippen molar-refractivity contribution < 1.29 is 9.53 Å². The summed E-state index contributed by atoms with van der Waals surface area (Å²) in [5.41, 5.74) is 0.231. The first kappa shape index (κ1) is 13.8. The Labute approximate surface area is 110 Å². The van der Waals surface area contributed by atoms with Gasteiger partial charge in [0.25, 0.3) is 0 Å². The average molecular weight is 254 g/mol. The second-order valence-electron chi connectivity index (χ2n) is 6.47. The van der Waals surface area contributed by atoms with E-state index in [2.05, 4.69) is 31.0 Å². The zero-order chi connectivity index (χ0) is 13.2. The quantitative estimate of drug-likeness (QED) is 0.828. The Hall–Kier alpha value is -0.610. The minimum Gasteiger partial charge on any atom is -0.381 e. The normalized spacial score (nSPS) is 28.1. The Morgan fingerprint density at radius 3 is 2.72 bits per heavy atom. The number of amides is 1. The molecule has 0 aliphatic carbocycles. The van der Waals surface area contributed by atoms with Crippen molar-refractivity contribution in [2.75, 3.05) is 26.3 Å². The number of carbonyl (C=O) groups excluding carboxylic acids is 1. The molecule has 0 saturated carbocycles. The first-order valence-corrected chi connectivity index (χ1v) is 7.11. The molecule has 1 N–H and O–H groups in total. The van der Waals surface area contributed by atoms with E-state index in [1.165, 1.54) is 0 Å². The van der Waals surface area contributed by atoms with Crippen LogP contribution in [0, 0.1) is 11.3 Å². The summed E-state index contributed by atoms with van der Waals surface area (Å²) in [7, 11) is 0. The van der Waals surface area contributed by atoms with Gasteiger partial charge in [0.05, 0.1) is 12.7 Å². The van der Waals surface area contributed by atoms with Crippen molar-refractivity contribution in [3.63, 3.8) is 0 Å². The van der Waals surface area contributed by atoms with Gasteiger partial charge in [-0.1, -0.05) is 20.8 Å². The van der Waals surface area contributed by atoms with Gasteiger partial charge >= 0.3 is 0 Å². The smallest absolute Gasteiger partial charge is 0.237 e. The third-order valence-electron chi connectivity index (χ3n) is 4.13. The molecule has 1 amide bonds. The van der Waals surface area contributed by atoms with Crippen LogP contribution in [0.25, 0.3) is 0 Å². The monoisotopic (exact) mass is 254 g/mol. The van der Waals surface area contributed by atoms with Crippen LogP contribution in [0.4, 0.5) is 0 Å². The maximum atomic E-state index is 12.0. The minimum atomic E-state index is 0.231. The Balaban J connectivity index is 1.98. The minimum absolute atomic E-state index is 0.231. The van der Waals surface area contributed by atoms with E-state index in [0.29, 0.717) is 12.5 Å². The molecule has 2 aliphatic rings. The van der Waals surface area contributed by atoms with E-state index in [1.54, 1.807) is 0 Å². The molecule has 0 aromatic rings. The highest BCUT2D eigenvalue weighted by Crippen LogP contribution is 2.32. The van der Waals surface area contributed by atoms with E-state index in [1.807, 2.05) is 0 Å². The number of nitrogens with zero attached hydrogens (tertiary/aromatic N) is 1. The van der Waals surface area contributed by atoms with Gasteiger partial charge in [0.1, 0.15) is 0 Å². The molecule has 0 aromatic carbocycles. The fourth-order valence-electron chi connectivity index (χ4n) is 2.88. The number of ether oxygens (including phenoxy) is 1. The zero-order valence-electron chi connectivity index (χ0n) is 11.9. The molecule has 0 spiro atoms. The number of rotatable bonds is 4. The van der Waals surface area contributed by atoms with Gasteiger partial charge in [0.2, 0.25) is 5.91 Å². The second kappa shape index (κ2) is 5.57. The molecule has 4 heteroatoms. The van der Waals surface area contributed by atoms with Crippen LogP contribution >= 0.6 is 0 Å². The Kier molecular flexibility index (Phi) is 4.28. The summed E-state index contributed by atoms with van der Waals surface area (Å²) in [6.45, 7) is 9.75. The molecule has 2 heterocycles. The average Bonchev–Trinajstić information content (AvgIpc) is 2.61. The van der Waals surface area contributed by atoms with E-state index < -0.39 is 0 Å². The summed E-state index contributed by atoms with van der Waals surface area (Å²) < 4.78 is 5.43. The van der Waals surface area contributed by atoms with Crippen LogP contribution in [-0.2, 0) is 9.53 Å². The van der Waals surface area contributed by atoms with Crippen molar-refractivity contribution in [1.82, 2.24) is 10.2 Å². The molecule has 104 valence electrons. The summed E-state index contributed by atoms with van der Waals surface area (Å²) in [6, 6.07) is 0. The van der Waals surface area contributed by atoms with E-state index in [0.717, 1.165) is 39.0 Å². The SMILES string of the molecule is CC(C)CC1NCC(=O)N1CC1(C)CCOCC1. The van der Waals surface area contributed by atoms with Gasteiger partial charge in [-0.05, 0) is 30.6 Å². The number of hydrogen-bond acceptors (Lipinski definition) is 3.